The van der Waals surface area contributed by atoms with Gasteiger partial charge >= 0.3 is 6.18 Å². The minimum atomic E-state index is -4.46. The van der Waals surface area contributed by atoms with Crippen LogP contribution in [0.2, 0.25) is 0 Å². The SMILES string of the molecule is O=C(Nc1cccnc1Nc1ccc(O)cc1)c1ccc(C(F)(F)F)cc1. The van der Waals surface area contributed by atoms with Gasteiger partial charge in [0, 0.05) is 17.4 Å². The van der Waals surface area contributed by atoms with Gasteiger partial charge in [-0.25, -0.2) is 4.98 Å². The van der Waals surface area contributed by atoms with E-state index in [0.717, 1.165) is 24.3 Å². The predicted octanol–water partition coefficient (Wildman–Crippen LogP) is 4.80. The smallest absolute Gasteiger partial charge is 0.416 e. The van der Waals surface area contributed by atoms with E-state index in [-0.39, 0.29) is 11.3 Å². The Hall–Kier alpha value is -3.55. The maximum Gasteiger partial charge on any atom is 0.416 e. The second kappa shape index (κ2) is 7.36. The third kappa shape index (κ3) is 4.55. The molecule has 0 spiro atoms. The minimum Gasteiger partial charge on any atom is -0.508 e. The molecule has 3 aromatic rings. The Bertz CT molecular complexity index is 940. The number of phenolic OH excluding ortho intramolecular Hbond substituents is 1. The van der Waals surface area contributed by atoms with Crippen molar-refractivity contribution in [2.75, 3.05) is 10.6 Å². The molecule has 0 bridgehead atoms. The lowest BCUT2D eigenvalue weighted by Crippen LogP contribution is -2.14. The molecule has 2 aromatic carbocycles. The summed E-state index contributed by atoms with van der Waals surface area (Å²) < 4.78 is 37.9. The minimum absolute atomic E-state index is 0.0856. The number of carbonyl (C=O) groups excluding carboxylic acids is 1. The van der Waals surface area contributed by atoms with Crippen molar-refractivity contribution in [3.63, 3.8) is 0 Å². The van der Waals surface area contributed by atoms with E-state index >= 15 is 0 Å². The summed E-state index contributed by atoms with van der Waals surface area (Å²) in [5.74, 6) is -0.105. The van der Waals surface area contributed by atoms with Gasteiger partial charge in [-0.05, 0) is 60.7 Å². The molecule has 0 saturated heterocycles. The zero-order valence-electron chi connectivity index (χ0n) is 13.8. The van der Waals surface area contributed by atoms with Gasteiger partial charge in [-0.3, -0.25) is 4.79 Å². The molecule has 0 fully saturated rings. The van der Waals surface area contributed by atoms with Gasteiger partial charge in [-0.15, -0.1) is 0 Å². The fourth-order valence-electron chi connectivity index (χ4n) is 2.29. The summed E-state index contributed by atoms with van der Waals surface area (Å²) in [5.41, 5.74) is 0.254. The molecule has 0 saturated carbocycles. The molecular formula is C19H14F3N3O2. The van der Waals surface area contributed by atoms with Crippen molar-refractivity contribution in [3.05, 3.63) is 78.0 Å². The third-order valence-corrected chi connectivity index (χ3v) is 3.66. The van der Waals surface area contributed by atoms with E-state index < -0.39 is 17.6 Å². The van der Waals surface area contributed by atoms with Crippen LogP contribution in [0.15, 0.2) is 66.9 Å². The first-order valence-electron chi connectivity index (χ1n) is 7.82. The lowest BCUT2D eigenvalue weighted by Gasteiger charge is -2.12. The summed E-state index contributed by atoms with van der Waals surface area (Å²) in [4.78, 5) is 16.5. The Morgan fingerprint density at radius 1 is 0.963 bits per heavy atom. The van der Waals surface area contributed by atoms with E-state index in [4.69, 9.17) is 0 Å². The molecule has 3 rings (SSSR count). The third-order valence-electron chi connectivity index (χ3n) is 3.66. The quantitative estimate of drug-likeness (QED) is 0.574. The van der Waals surface area contributed by atoms with Crippen LogP contribution in [0.25, 0.3) is 0 Å². The molecule has 0 aliphatic rings. The Kier molecular flexibility index (Phi) is 4.98. The fourth-order valence-corrected chi connectivity index (χ4v) is 2.29. The molecule has 5 nitrogen and oxygen atoms in total. The van der Waals surface area contributed by atoms with Gasteiger partial charge in [0.1, 0.15) is 5.75 Å². The summed E-state index contributed by atoms with van der Waals surface area (Å²) in [6.07, 6.45) is -2.93. The molecule has 0 atom stereocenters. The van der Waals surface area contributed by atoms with E-state index in [0.29, 0.717) is 17.2 Å². The number of hydrogen-bond donors (Lipinski definition) is 3. The summed E-state index contributed by atoms with van der Waals surface area (Å²) in [6, 6.07) is 13.4. The number of rotatable bonds is 4. The molecule has 0 aliphatic heterocycles. The van der Waals surface area contributed by atoms with E-state index in [1.54, 1.807) is 24.3 Å². The number of halogens is 3. The van der Waals surface area contributed by atoms with Crippen LogP contribution in [0.3, 0.4) is 0 Å². The number of alkyl halides is 3. The van der Waals surface area contributed by atoms with Crippen molar-refractivity contribution in [2.24, 2.45) is 0 Å². The lowest BCUT2D eigenvalue weighted by molar-refractivity contribution is -0.137. The number of nitrogens with zero attached hydrogens (tertiary/aromatic N) is 1. The molecule has 138 valence electrons. The molecule has 8 heteroatoms. The highest BCUT2D eigenvalue weighted by molar-refractivity contribution is 6.05. The number of carbonyl (C=O) groups is 1. The summed E-state index contributed by atoms with van der Waals surface area (Å²) >= 11 is 0. The fraction of sp³-hybridized carbons (Fsp3) is 0.0526. The average Bonchev–Trinajstić information content (AvgIpc) is 2.64. The van der Waals surface area contributed by atoms with Crippen LogP contribution in [-0.4, -0.2) is 16.0 Å². The van der Waals surface area contributed by atoms with Gasteiger partial charge in [-0.1, -0.05) is 0 Å². The Balaban J connectivity index is 1.77. The van der Waals surface area contributed by atoms with Crippen LogP contribution in [0.4, 0.5) is 30.4 Å². The highest BCUT2D eigenvalue weighted by Gasteiger charge is 2.30. The Labute approximate surface area is 152 Å². The van der Waals surface area contributed by atoms with Gasteiger partial charge in [0.2, 0.25) is 0 Å². The van der Waals surface area contributed by atoms with Crippen LogP contribution < -0.4 is 10.6 Å². The molecule has 0 unspecified atom stereocenters. The van der Waals surface area contributed by atoms with E-state index in [1.165, 1.54) is 18.3 Å². The summed E-state index contributed by atoms with van der Waals surface area (Å²) in [5, 5.41) is 14.9. The monoisotopic (exact) mass is 373 g/mol. The molecule has 1 heterocycles. The number of phenols is 1. The Morgan fingerprint density at radius 3 is 2.26 bits per heavy atom. The van der Waals surface area contributed by atoms with Crippen molar-refractivity contribution >= 4 is 23.1 Å². The van der Waals surface area contributed by atoms with Crippen molar-refractivity contribution in [2.45, 2.75) is 6.18 Å². The van der Waals surface area contributed by atoms with Crippen LogP contribution in [0.5, 0.6) is 5.75 Å². The molecule has 0 aliphatic carbocycles. The highest BCUT2D eigenvalue weighted by Crippen LogP contribution is 2.29. The van der Waals surface area contributed by atoms with Crippen LogP contribution in [0.1, 0.15) is 15.9 Å². The molecule has 1 aromatic heterocycles. The van der Waals surface area contributed by atoms with Crippen LogP contribution >= 0.6 is 0 Å². The van der Waals surface area contributed by atoms with Gasteiger partial charge in [-0.2, -0.15) is 13.2 Å². The zero-order chi connectivity index (χ0) is 19.4. The van der Waals surface area contributed by atoms with Gasteiger partial charge in [0.15, 0.2) is 5.82 Å². The highest BCUT2D eigenvalue weighted by atomic mass is 19.4. The number of pyridine rings is 1. The number of aromatic nitrogens is 1. The Morgan fingerprint density at radius 2 is 1.63 bits per heavy atom. The van der Waals surface area contributed by atoms with Crippen LogP contribution in [0, 0.1) is 0 Å². The standard InChI is InChI=1S/C19H14F3N3O2/c20-19(21,22)13-5-3-12(4-6-13)18(27)25-16-2-1-11-23-17(16)24-14-7-9-15(26)10-8-14/h1-11,26H,(H,23,24)(H,25,27). The molecule has 27 heavy (non-hydrogen) atoms. The molecule has 1 amide bonds. The van der Waals surface area contributed by atoms with Crippen molar-refractivity contribution in [1.82, 2.24) is 4.98 Å². The number of aromatic hydroxyl groups is 1. The number of nitrogens with one attached hydrogen (secondary N) is 2. The van der Waals surface area contributed by atoms with Crippen molar-refractivity contribution in [1.29, 1.82) is 0 Å². The topological polar surface area (TPSA) is 74.2 Å². The number of anilines is 3. The number of amides is 1. The summed E-state index contributed by atoms with van der Waals surface area (Å²) in [7, 11) is 0. The molecule has 0 radical (unpaired) electrons. The van der Waals surface area contributed by atoms with Crippen molar-refractivity contribution in [3.8, 4) is 5.75 Å². The summed E-state index contributed by atoms with van der Waals surface area (Å²) in [6.45, 7) is 0. The average molecular weight is 373 g/mol. The second-order valence-electron chi connectivity index (χ2n) is 5.60. The number of hydrogen-bond acceptors (Lipinski definition) is 4. The number of benzene rings is 2. The molecular weight excluding hydrogens is 359 g/mol. The maximum absolute atomic E-state index is 12.6. The first-order valence-corrected chi connectivity index (χ1v) is 7.82. The van der Waals surface area contributed by atoms with E-state index in [2.05, 4.69) is 15.6 Å². The first-order chi connectivity index (χ1) is 12.8. The second-order valence-corrected chi connectivity index (χ2v) is 5.60. The maximum atomic E-state index is 12.6. The van der Waals surface area contributed by atoms with Gasteiger partial charge < -0.3 is 15.7 Å². The predicted molar refractivity (Wildman–Crippen MR) is 95.0 cm³/mol. The van der Waals surface area contributed by atoms with E-state index in [9.17, 15) is 23.1 Å². The lowest BCUT2D eigenvalue weighted by atomic mass is 10.1. The first kappa shape index (κ1) is 18.2. The molecule has 3 N–H and O–H groups in total. The van der Waals surface area contributed by atoms with Crippen molar-refractivity contribution < 1.29 is 23.1 Å². The van der Waals surface area contributed by atoms with Crippen LogP contribution in [-0.2, 0) is 6.18 Å². The normalized spacial score (nSPS) is 11.1. The zero-order valence-corrected chi connectivity index (χ0v) is 13.8. The van der Waals surface area contributed by atoms with Gasteiger partial charge in [0.25, 0.3) is 5.91 Å². The largest absolute Gasteiger partial charge is 0.508 e. The van der Waals surface area contributed by atoms with E-state index in [1.807, 2.05) is 0 Å². The van der Waals surface area contributed by atoms with Gasteiger partial charge in [0.05, 0.1) is 11.3 Å².